The Hall–Kier alpha value is -3.42. The van der Waals surface area contributed by atoms with Crippen LogP contribution >= 0.6 is 11.6 Å². The summed E-state index contributed by atoms with van der Waals surface area (Å²) in [4.78, 5) is 28.5. The molecule has 1 fully saturated rings. The SMILES string of the molecule is CCc1c(C(N)=O)ccc(N(c2cccc(C(N)=O)c2F)C2CCN(Cc3ccc(Cl)cc3)CC2)c1CC. The van der Waals surface area contributed by atoms with E-state index in [9.17, 15) is 9.59 Å². The number of carbonyl (C=O) groups is 2. The molecule has 3 aromatic carbocycles. The predicted molar refractivity (Wildman–Crippen MR) is 151 cm³/mol. The zero-order valence-electron chi connectivity index (χ0n) is 21.8. The van der Waals surface area contributed by atoms with Crippen molar-refractivity contribution in [2.24, 2.45) is 11.5 Å². The van der Waals surface area contributed by atoms with E-state index in [0.717, 1.165) is 49.3 Å². The Morgan fingerprint density at radius 1 is 0.895 bits per heavy atom. The van der Waals surface area contributed by atoms with Gasteiger partial charge in [-0.05, 0) is 78.8 Å². The van der Waals surface area contributed by atoms with E-state index in [0.29, 0.717) is 29.1 Å². The molecule has 0 aliphatic carbocycles. The number of likely N-dealkylation sites (tertiary alicyclic amines) is 1. The van der Waals surface area contributed by atoms with Crippen molar-refractivity contribution in [3.05, 3.63) is 93.3 Å². The number of halogens is 2. The molecule has 0 atom stereocenters. The molecule has 1 aliphatic rings. The number of primary amides is 2. The van der Waals surface area contributed by atoms with Crippen LogP contribution in [0.15, 0.2) is 54.6 Å². The molecule has 1 saturated heterocycles. The maximum atomic E-state index is 15.8. The van der Waals surface area contributed by atoms with Crippen LogP contribution in [-0.4, -0.2) is 35.8 Å². The lowest BCUT2D eigenvalue weighted by Crippen LogP contribution is -2.43. The Morgan fingerprint density at radius 2 is 1.53 bits per heavy atom. The Balaban J connectivity index is 1.74. The molecule has 0 spiro atoms. The first-order chi connectivity index (χ1) is 18.2. The molecule has 0 radical (unpaired) electrons. The summed E-state index contributed by atoms with van der Waals surface area (Å²) in [5.41, 5.74) is 15.7. The zero-order chi connectivity index (χ0) is 27.4. The number of piperidine rings is 1. The van der Waals surface area contributed by atoms with Crippen molar-refractivity contribution in [1.82, 2.24) is 4.90 Å². The Kier molecular flexibility index (Phi) is 8.69. The Bertz CT molecular complexity index is 1320. The molecule has 38 heavy (non-hydrogen) atoms. The highest BCUT2D eigenvalue weighted by molar-refractivity contribution is 6.30. The second-order valence-corrected chi connectivity index (χ2v) is 10.1. The first kappa shape index (κ1) is 27.6. The van der Waals surface area contributed by atoms with E-state index in [1.165, 1.54) is 11.6 Å². The largest absolute Gasteiger partial charge is 0.366 e. The van der Waals surface area contributed by atoms with E-state index >= 15 is 4.39 Å². The van der Waals surface area contributed by atoms with Crippen LogP contribution in [0.3, 0.4) is 0 Å². The average molecular weight is 537 g/mol. The highest BCUT2D eigenvalue weighted by Gasteiger charge is 2.31. The number of hydrogen-bond acceptors (Lipinski definition) is 4. The molecule has 4 rings (SSSR count). The highest BCUT2D eigenvalue weighted by atomic mass is 35.5. The second kappa shape index (κ2) is 12.0. The minimum atomic E-state index is -0.809. The van der Waals surface area contributed by atoms with E-state index in [1.807, 2.05) is 49.1 Å². The zero-order valence-corrected chi connectivity index (χ0v) is 22.6. The fourth-order valence-corrected chi connectivity index (χ4v) is 5.66. The standard InChI is InChI=1S/C30H34ClFN4O2/c1-3-22-23(4-2)26(13-12-24(22)29(33)37)36(27-7-5-6-25(28(27)32)30(34)38)21-14-16-35(17-15-21)18-19-8-10-20(31)11-9-19/h5-13,21H,3-4,14-18H2,1-2H3,(H2,33,37)(H2,34,38). The summed E-state index contributed by atoms with van der Waals surface area (Å²) in [6.45, 7) is 6.46. The lowest BCUT2D eigenvalue weighted by molar-refractivity contribution is 0.0989. The van der Waals surface area contributed by atoms with Crippen molar-refractivity contribution < 1.29 is 14.0 Å². The summed E-state index contributed by atoms with van der Waals surface area (Å²) in [6, 6.07) is 16.2. The summed E-state index contributed by atoms with van der Waals surface area (Å²) in [5.74, 6) is -1.93. The van der Waals surface area contributed by atoms with Crippen LogP contribution in [0.2, 0.25) is 5.02 Å². The van der Waals surface area contributed by atoms with Gasteiger partial charge in [-0.1, -0.05) is 43.6 Å². The van der Waals surface area contributed by atoms with Crippen LogP contribution in [0, 0.1) is 5.82 Å². The molecule has 4 N–H and O–H groups in total. The third-order valence-corrected chi connectivity index (χ3v) is 7.64. The molecular formula is C30H34ClFN4O2. The van der Waals surface area contributed by atoms with Crippen LogP contribution in [0.5, 0.6) is 0 Å². The number of nitrogens with two attached hydrogens (primary N) is 2. The molecule has 8 heteroatoms. The van der Waals surface area contributed by atoms with E-state index in [1.54, 1.807) is 18.2 Å². The number of rotatable bonds is 9. The van der Waals surface area contributed by atoms with Gasteiger partial charge in [0.25, 0.3) is 5.91 Å². The maximum Gasteiger partial charge on any atom is 0.251 e. The third-order valence-electron chi connectivity index (χ3n) is 7.38. The van der Waals surface area contributed by atoms with Crippen molar-refractivity contribution >= 4 is 34.8 Å². The molecule has 2 amide bonds. The van der Waals surface area contributed by atoms with Crippen LogP contribution in [0.1, 0.15) is 64.1 Å². The van der Waals surface area contributed by atoms with Gasteiger partial charge in [0, 0.05) is 41.9 Å². The molecule has 0 saturated carbocycles. The van der Waals surface area contributed by atoms with Crippen molar-refractivity contribution in [2.75, 3.05) is 18.0 Å². The van der Waals surface area contributed by atoms with Crippen LogP contribution < -0.4 is 16.4 Å². The Morgan fingerprint density at radius 3 is 2.11 bits per heavy atom. The van der Waals surface area contributed by atoms with E-state index in [2.05, 4.69) is 4.90 Å². The number of benzene rings is 3. The number of carbonyl (C=O) groups excluding carboxylic acids is 2. The summed E-state index contributed by atoms with van der Waals surface area (Å²) in [5, 5.41) is 0.712. The fraction of sp³-hybridized carbons (Fsp3) is 0.333. The molecule has 0 unspecified atom stereocenters. The van der Waals surface area contributed by atoms with Gasteiger partial charge >= 0.3 is 0 Å². The predicted octanol–water partition coefficient (Wildman–Crippen LogP) is 5.60. The highest BCUT2D eigenvalue weighted by Crippen LogP contribution is 2.39. The summed E-state index contributed by atoms with van der Waals surface area (Å²) < 4.78 is 15.8. The van der Waals surface area contributed by atoms with E-state index in [4.69, 9.17) is 23.1 Å². The quantitative estimate of drug-likeness (QED) is 0.372. The third kappa shape index (κ3) is 5.69. The first-order valence-corrected chi connectivity index (χ1v) is 13.4. The molecule has 200 valence electrons. The molecule has 3 aromatic rings. The maximum absolute atomic E-state index is 15.8. The minimum absolute atomic E-state index is 0.0245. The number of nitrogens with zero attached hydrogens (tertiary/aromatic N) is 2. The summed E-state index contributed by atoms with van der Waals surface area (Å²) in [7, 11) is 0. The molecular weight excluding hydrogens is 503 g/mol. The van der Waals surface area contributed by atoms with Crippen molar-refractivity contribution in [3.63, 3.8) is 0 Å². The average Bonchev–Trinajstić information content (AvgIpc) is 2.91. The number of hydrogen-bond donors (Lipinski definition) is 2. The lowest BCUT2D eigenvalue weighted by Gasteiger charge is -2.41. The van der Waals surface area contributed by atoms with Gasteiger partial charge < -0.3 is 16.4 Å². The van der Waals surface area contributed by atoms with Crippen molar-refractivity contribution in [2.45, 2.75) is 52.1 Å². The van der Waals surface area contributed by atoms with Gasteiger partial charge in [-0.25, -0.2) is 4.39 Å². The van der Waals surface area contributed by atoms with Gasteiger partial charge in [0.2, 0.25) is 5.91 Å². The number of anilines is 2. The van der Waals surface area contributed by atoms with Gasteiger partial charge in [-0.2, -0.15) is 0 Å². The molecule has 1 aliphatic heterocycles. The van der Waals surface area contributed by atoms with E-state index < -0.39 is 17.6 Å². The van der Waals surface area contributed by atoms with Crippen LogP contribution in [0.25, 0.3) is 0 Å². The lowest BCUT2D eigenvalue weighted by atomic mass is 9.92. The fourth-order valence-electron chi connectivity index (χ4n) is 5.54. The van der Waals surface area contributed by atoms with Gasteiger partial charge in [0.05, 0.1) is 11.3 Å². The summed E-state index contributed by atoms with van der Waals surface area (Å²) in [6.07, 6.45) is 2.83. The molecule has 1 heterocycles. The van der Waals surface area contributed by atoms with Gasteiger partial charge in [0.1, 0.15) is 0 Å². The van der Waals surface area contributed by atoms with E-state index in [-0.39, 0.29) is 11.6 Å². The van der Waals surface area contributed by atoms with Crippen LogP contribution in [-0.2, 0) is 19.4 Å². The number of amides is 2. The topological polar surface area (TPSA) is 92.7 Å². The molecule has 6 nitrogen and oxygen atoms in total. The van der Waals surface area contributed by atoms with Gasteiger partial charge in [-0.15, -0.1) is 0 Å². The van der Waals surface area contributed by atoms with Crippen LogP contribution in [0.4, 0.5) is 15.8 Å². The molecule has 0 aromatic heterocycles. The monoisotopic (exact) mass is 536 g/mol. The van der Waals surface area contributed by atoms with Gasteiger partial charge in [0.15, 0.2) is 5.82 Å². The minimum Gasteiger partial charge on any atom is -0.366 e. The van der Waals surface area contributed by atoms with Gasteiger partial charge in [-0.3, -0.25) is 14.5 Å². The smallest absolute Gasteiger partial charge is 0.251 e. The van der Waals surface area contributed by atoms with Crippen molar-refractivity contribution in [1.29, 1.82) is 0 Å². The first-order valence-electron chi connectivity index (χ1n) is 13.0. The normalized spacial score (nSPS) is 14.4. The second-order valence-electron chi connectivity index (χ2n) is 9.67. The Labute approximate surface area is 228 Å². The summed E-state index contributed by atoms with van der Waals surface area (Å²) >= 11 is 6.04. The van der Waals surface area contributed by atoms with Crippen molar-refractivity contribution in [3.8, 4) is 0 Å². The molecule has 0 bridgehead atoms.